The second-order valence-corrected chi connectivity index (χ2v) is 8.32. The third-order valence-corrected chi connectivity index (χ3v) is 5.32. The zero-order valence-corrected chi connectivity index (χ0v) is 16.9. The average molecular weight is 360 g/mol. The highest BCUT2D eigenvalue weighted by atomic mass is 32.2. The highest BCUT2D eigenvalue weighted by Gasteiger charge is 2.22. The molecule has 0 N–H and O–H groups in total. The molecule has 1 unspecified atom stereocenters. The number of benzene rings is 1. The predicted octanol–water partition coefficient (Wildman–Crippen LogP) is 4.30. The van der Waals surface area contributed by atoms with E-state index in [0.29, 0.717) is 12.5 Å². The summed E-state index contributed by atoms with van der Waals surface area (Å²) in [7, 11) is 1.86. The molecule has 0 radical (unpaired) electrons. The summed E-state index contributed by atoms with van der Waals surface area (Å²) in [5.74, 6) is 0.668. The fourth-order valence-corrected chi connectivity index (χ4v) is 3.87. The van der Waals surface area contributed by atoms with E-state index >= 15 is 0 Å². The lowest BCUT2D eigenvalue weighted by molar-refractivity contribution is -0.129. The van der Waals surface area contributed by atoms with E-state index in [9.17, 15) is 4.79 Å². The van der Waals surface area contributed by atoms with Crippen molar-refractivity contribution in [3.8, 4) is 0 Å². The fraction of sp³-hybridized carbons (Fsp3) is 0.500. The molecule has 0 aliphatic carbocycles. The first-order chi connectivity index (χ1) is 11.8. The second kappa shape index (κ2) is 8.56. The van der Waals surface area contributed by atoms with Crippen molar-refractivity contribution in [1.29, 1.82) is 0 Å². The highest BCUT2D eigenvalue weighted by molar-refractivity contribution is 8.00. The number of nitrogens with zero attached hydrogens (tertiary/aromatic N) is 3. The molecule has 1 amide bonds. The monoisotopic (exact) mass is 359 g/mol. The lowest BCUT2D eigenvalue weighted by Gasteiger charge is -2.21. The van der Waals surface area contributed by atoms with Gasteiger partial charge in [-0.3, -0.25) is 4.79 Å². The number of carbonyl (C=O) groups excluding carboxylic acids is 1. The molecule has 0 aliphatic rings. The molecule has 1 aromatic heterocycles. The lowest BCUT2D eigenvalue weighted by atomic mass is 10.2. The molecule has 2 aromatic rings. The number of imidazole rings is 1. The lowest BCUT2D eigenvalue weighted by Crippen LogP contribution is -2.33. The van der Waals surface area contributed by atoms with Gasteiger partial charge in [-0.15, -0.1) is 0 Å². The van der Waals surface area contributed by atoms with Crippen LogP contribution in [-0.2, 0) is 17.9 Å². The molecular weight excluding hydrogens is 330 g/mol. The van der Waals surface area contributed by atoms with Crippen LogP contribution in [0.4, 0.5) is 0 Å². The molecule has 4 nitrogen and oxygen atoms in total. The summed E-state index contributed by atoms with van der Waals surface area (Å²) in [6, 6.07) is 10.1. The average Bonchev–Trinajstić information content (AvgIpc) is 2.82. The number of aryl methyl sites for hydroxylation is 1. The van der Waals surface area contributed by atoms with Crippen molar-refractivity contribution in [1.82, 2.24) is 14.5 Å². The van der Waals surface area contributed by atoms with Crippen LogP contribution in [0.5, 0.6) is 0 Å². The molecule has 1 heterocycles. The topological polar surface area (TPSA) is 38.1 Å². The molecule has 0 spiro atoms. The Hall–Kier alpha value is -1.75. The van der Waals surface area contributed by atoms with Crippen LogP contribution in [-0.4, -0.2) is 32.7 Å². The maximum atomic E-state index is 12.7. The zero-order valence-electron chi connectivity index (χ0n) is 16.1. The van der Waals surface area contributed by atoms with Crippen LogP contribution in [0.25, 0.3) is 0 Å². The Morgan fingerprint density at radius 1 is 1.20 bits per heavy atom. The molecule has 0 fully saturated rings. The standard InChI is InChI=1S/C20H29N3OS/c1-14(2)12-23-16(4)15(3)21-20(23)25-17(5)19(24)22(6)13-18-10-8-7-9-11-18/h7-11,14,17H,12-13H2,1-6H3. The van der Waals surface area contributed by atoms with Crippen molar-refractivity contribution in [3.63, 3.8) is 0 Å². The zero-order chi connectivity index (χ0) is 18.6. The van der Waals surface area contributed by atoms with Crippen molar-refractivity contribution < 1.29 is 4.79 Å². The molecule has 0 saturated heterocycles. The summed E-state index contributed by atoms with van der Waals surface area (Å²) in [6.07, 6.45) is 0. The Bertz CT molecular complexity index is 709. The quantitative estimate of drug-likeness (QED) is 0.692. The van der Waals surface area contributed by atoms with Gasteiger partial charge in [0, 0.05) is 25.8 Å². The molecule has 1 atom stereocenters. The highest BCUT2D eigenvalue weighted by Crippen LogP contribution is 2.27. The maximum absolute atomic E-state index is 12.7. The molecule has 25 heavy (non-hydrogen) atoms. The van der Waals surface area contributed by atoms with E-state index in [1.807, 2.05) is 51.2 Å². The predicted molar refractivity (Wildman–Crippen MR) is 105 cm³/mol. The molecule has 1 aromatic carbocycles. The van der Waals surface area contributed by atoms with Gasteiger partial charge in [0.25, 0.3) is 0 Å². The van der Waals surface area contributed by atoms with Crippen LogP contribution in [0.2, 0.25) is 0 Å². The van der Waals surface area contributed by atoms with Crippen molar-refractivity contribution in [3.05, 3.63) is 47.3 Å². The van der Waals surface area contributed by atoms with Gasteiger partial charge < -0.3 is 9.47 Å². The van der Waals surface area contributed by atoms with Gasteiger partial charge >= 0.3 is 0 Å². The van der Waals surface area contributed by atoms with Crippen molar-refractivity contribution >= 4 is 17.7 Å². The van der Waals surface area contributed by atoms with E-state index in [1.54, 1.807) is 16.7 Å². The molecule has 5 heteroatoms. The smallest absolute Gasteiger partial charge is 0.235 e. The minimum Gasteiger partial charge on any atom is -0.340 e. The Kier molecular flexibility index (Phi) is 6.71. The Morgan fingerprint density at radius 2 is 1.84 bits per heavy atom. The van der Waals surface area contributed by atoms with E-state index < -0.39 is 0 Å². The van der Waals surface area contributed by atoms with E-state index in [0.717, 1.165) is 23.0 Å². The number of amides is 1. The van der Waals surface area contributed by atoms with Crippen LogP contribution < -0.4 is 0 Å². The van der Waals surface area contributed by atoms with E-state index in [4.69, 9.17) is 0 Å². The molecule has 0 saturated carbocycles. The minimum absolute atomic E-state index is 0.128. The summed E-state index contributed by atoms with van der Waals surface area (Å²) >= 11 is 1.55. The molecule has 2 rings (SSSR count). The Labute approximate surface area is 155 Å². The SMILES string of the molecule is Cc1nc(SC(C)C(=O)N(C)Cc2ccccc2)n(CC(C)C)c1C. The van der Waals surface area contributed by atoms with Gasteiger partial charge in [-0.2, -0.15) is 0 Å². The summed E-state index contributed by atoms with van der Waals surface area (Å²) in [4.78, 5) is 19.2. The molecule has 0 bridgehead atoms. The van der Waals surface area contributed by atoms with Gasteiger partial charge in [-0.25, -0.2) is 4.98 Å². The summed E-state index contributed by atoms with van der Waals surface area (Å²) in [6.45, 7) is 12.1. The van der Waals surface area contributed by atoms with E-state index in [-0.39, 0.29) is 11.2 Å². The van der Waals surface area contributed by atoms with Gasteiger partial charge in [0.2, 0.25) is 5.91 Å². The third-order valence-electron chi connectivity index (χ3n) is 4.24. The molecule has 0 aliphatic heterocycles. The molecule has 136 valence electrons. The maximum Gasteiger partial charge on any atom is 0.235 e. The number of thioether (sulfide) groups is 1. The largest absolute Gasteiger partial charge is 0.340 e. The fourth-order valence-electron chi connectivity index (χ4n) is 2.75. The molecular formula is C20H29N3OS. The third kappa shape index (κ3) is 5.11. The van der Waals surface area contributed by atoms with Gasteiger partial charge in [-0.1, -0.05) is 55.9 Å². The van der Waals surface area contributed by atoms with Crippen LogP contribution >= 0.6 is 11.8 Å². The van der Waals surface area contributed by atoms with Gasteiger partial charge in [-0.05, 0) is 32.3 Å². The number of hydrogen-bond donors (Lipinski definition) is 0. The Morgan fingerprint density at radius 3 is 2.44 bits per heavy atom. The minimum atomic E-state index is -0.166. The first-order valence-electron chi connectivity index (χ1n) is 8.78. The van der Waals surface area contributed by atoms with Gasteiger partial charge in [0.1, 0.15) is 0 Å². The van der Waals surface area contributed by atoms with Crippen LogP contribution in [0, 0.1) is 19.8 Å². The van der Waals surface area contributed by atoms with Gasteiger partial charge in [0.15, 0.2) is 5.16 Å². The van der Waals surface area contributed by atoms with Crippen molar-refractivity contribution in [2.75, 3.05) is 7.05 Å². The number of hydrogen-bond acceptors (Lipinski definition) is 3. The summed E-state index contributed by atoms with van der Waals surface area (Å²) in [5, 5.41) is 0.776. The second-order valence-electron chi connectivity index (χ2n) is 7.01. The van der Waals surface area contributed by atoms with Crippen LogP contribution in [0.1, 0.15) is 37.7 Å². The number of rotatable bonds is 7. The normalized spacial score (nSPS) is 12.4. The first kappa shape index (κ1) is 19.6. The van der Waals surface area contributed by atoms with E-state index in [1.165, 1.54) is 5.69 Å². The summed E-state index contributed by atoms with van der Waals surface area (Å²) < 4.78 is 2.24. The number of aromatic nitrogens is 2. The number of carbonyl (C=O) groups is 1. The summed E-state index contributed by atoms with van der Waals surface area (Å²) in [5.41, 5.74) is 3.37. The van der Waals surface area contributed by atoms with Crippen LogP contribution in [0.3, 0.4) is 0 Å². The van der Waals surface area contributed by atoms with Crippen molar-refractivity contribution in [2.24, 2.45) is 5.92 Å². The van der Waals surface area contributed by atoms with E-state index in [2.05, 4.69) is 30.3 Å². The first-order valence-corrected chi connectivity index (χ1v) is 9.66. The van der Waals surface area contributed by atoms with Gasteiger partial charge in [0.05, 0.1) is 10.9 Å². The van der Waals surface area contributed by atoms with Crippen molar-refractivity contribution in [2.45, 2.75) is 58.1 Å². The Balaban J connectivity index is 2.07. The van der Waals surface area contributed by atoms with Crippen LogP contribution in [0.15, 0.2) is 35.5 Å².